The minimum atomic E-state index is -0.222. The number of rotatable bonds is 1. The van der Waals surface area contributed by atoms with Gasteiger partial charge in [0.2, 0.25) is 5.91 Å². The molecular weight excluding hydrogens is 306 g/mol. The van der Waals surface area contributed by atoms with Gasteiger partial charge in [0.15, 0.2) is 0 Å². The second-order valence-electron chi connectivity index (χ2n) is 5.74. The van der Waals surface area contributed by atoms with Crippen LogP contribution in [0.4, 0.5) is 5.69 Å². The molecule has 1 amide bonds. The molecule has 1 saturated carbocycles. The quantitative estimate of drug-likeness (QED) is 0.793. The number of benzene rings is 1. The van der Waals surface area contributed by atoms with Crippen molar-refractivity contribution in [2.45, 2.75) is 43.7 Å². The van der Waals surface area contributed by atoms with Crippen molar-refractivity contribution in [3.8, 4) is 0 Å². The summed E-state index contributed by atoms with van der Waals surface area (Å²) in [5.74, 6) is 0.257. The molecule has 4 rings (SSSR count). The van der Waals surface area contributed by atoms with E-state index in [1.54, 1.807) is 0 Å². The van der Waals surface area contributed by atoms with E-state index < -0.39 is 0 Å². The van der Waals surface area contributed by atoms with E-state index in [1.165, 1.54) is 5.56 Å². The van der Waals surface area contributed by atoms with Crippen molar-refractivity contribution >= 4 is 27.5 Å². The van der Waals surface area contributed by atoms with Gasteiger partial charge in [-0.1, -0.05) is 15.9 Å². The lowest BCUT2D eigenvalue weighted by Gasteiger charge is -2.31. The standard InChI is InChI=1S/C15H16BrNO2/c16-10-4-5-12-11(9-10)15(6-7-15)14(18)17(12)13-3-1-2-8-19-13/h4-5,9,13H,1-3,6-8H2. The summed E-state index contributed by atoms with van der Waals surface area (Å²) in [6.45, 7) is 0.771. The number of fused-ring (bicyclic) bond motifs is 2. The van der Waals surface area contributed by atoms with Crippen molar-refractivity contribution in [3.63, 3.8) is 0 Å². The third kappa shape index (κ3) is 1.62. The highest BCUT2D eigenvalue weighted by molar-refractivity contribution is 9.10. The smallest absolute Gasteiger partial charge is 0.239 e. The van der Waals surface area contributed by atoms with Gasteiger partial charge in [0.25, 0.3) is 0 Å². The molecule has 1 unspecified atom stereocenters. The summed E-state index contributed by atoms with van der Waals surface area (Å²) in [5, 5.41) is 0. The van der Waals surface area contributed by atoms with Crippen LogP contribution in [0.25, 0.3) is 0 Å². The Morgan fingerprint density at radius 3 is 2.84 bits per heavy atom. The number of nitrogens with zero attached hydrogens (tertiary/aromatic N) is 1. The second-order valence-corrected chi connectivity index (χ2v) is 6.66. The maximum atomic E-state index is 12.8. The molecule has 19 heavy (non-hydrogen) atoms. The highest BCUT2D eigenvalue weighted by atomic mass is 79.9. The minimum Gasteiger partial charge on any atom is -0.358 e. The number of hydrogen-bond acceptors (Lipinski definition) is 2. The van der Waals surface area contributed by atoms with Crippen molar-refractivity contribution in [1.82, 2.24) is 0 Å². The van der Waals surface area contributed by atoms with Crippen LogP contribution in [0.1, 0.15) is 37.7 Å². The first-order valence-electron chi connectivity index (χ1n) is 6.98. The Morgan fingerprint density at radius 1 is 1.32 bits per heavy atom. The summed E-state index contributed by atoms with van der Waals surface area (Å²) in [7, 11) is 0. The van der Waals surface area contributed by atoms with E-state index in [0.717, 1.165) is 48.9 Å². The van der Waals surface area contributed by atoms with Gasteiger partial charge in [0, 0.05) is 11.1 Å². The topological polar surface area (TPSA) is 29.5 Å². The van der Waals surface area contributed by atoms with E-state index in [-0.39, 0.29) is 17.6 Å². The molecule has 2 heterocycles. The predicted octanol–water partition coefficient (Wildman–Crippen LogP) is 3.35. The van der Waals surface area contributed by atoms with Gasteiger partial charge in [-0.05, 0) is 55.9 Å². The zero-order valence-corrected chi connectivity index (χ0v) is 12.3. The van der Waals surface area contributed by atoms with E-state index in [2.05, 4.69) is 28.1 Å². The molecule has 0 N–H and O–H groups in total. The van der Waals surface area contributed by atoms with Gasteiger partial charge >= 0.3 is 0 Å². The molecule has 100 valence electrons. The summed E-state index contributed by atoms with van der Waals surface area (Å²) in [5.41, 5.74) is 2.04. The lowest BCUT2D eigenvalue weighted by Crippen LogP contribution is -2.43. The molecule has 2 aliphatic heterocycles. The molecule has 0 aromatic heterocycles. The van der Waals surface area contributed by atoms with E-state index in [9.17, 15) is 4.79 Å². The molecule has 1 aromatic carbocycles. The largest absolute Gasteiger partial charge is 0.358 e. The third-order valence-electron chi connectivity index (χ3n) is 4.56. The van der Waals surface area contributed by atoms with Crippen LogP contribution in [0.15, 0.2) is 22.7 Å². The van der Waals surface area contributed by atoms with Crippen LogP contribution < -0.4 is 4.90 Å². The van der Waals surface area contributed by atoms with Crippen LogP contribution in [0.2, 0.25) is 0 Å². The van der Waals surface area contributed by atoms with Crippen LogP contribution in [0.5, 0.6) is 0 Å². The Labute approximate surface area is 121 Å². The molecular formula is C15H16BrNO2. The second kappa shape index (κ2) is 4.06. The van der Waals surface area contributed by atoms with Crippen LogP contribution in [-0.4, -0.2) is 18.7 Å². The van der Waals surface area contributed by atoms with Crippen LogP contribution in [0, 0.1) is 0 Å². The first-order chi connectivity index (χ1) is 9.22. The van der Waals surface area contributed by atoms with Gasteiger partial charge in [-0.25, -0.2) is 0 Å². The fourth-order valence-corrected chi connectivity index (χ4v) is 3.74. The van der Waals surface area contributed by atoms with Crippen LogP contribution >= 0.6 is 15.9 Å². The molecule has 0 bridgehead atoms. The average molecular weight is 322 g/mol. The van der Waals surface area contributed by atoms with Crippen molar-refractivity contribution in [2.75, 3.05) is 11.5 Å². The van der Waals surface area contributed by atoms with Crippen LogP contribution in [-0.2, 0) is 14.9 Å². The van der Waals surface area contributed by atoms with Crippen LogP contribution in [0.3, 0.4) is 0 Å². The molecule has 1 spiro atoms. The van der Waals surface area contributed by atoms with Crippen molar-refractivity contribution in [2.24, 2.45) is 0 Å². The predicted molar refractivity (Wildman–Crippen MR) is 76.1 cm³/mol. The molecule has 0 radical (unpaired) electrons. The number of hydrogen-bond donors (Lipinski definition) is 0. The van der Waals surface area contributed by atoms with Crippen molar-refractivity contribution < 1.29 is 9.53 Å². The first kappa shape index (κ1) is 11.9. The summed E-state index contributed by atoms with van der Waals surface area (Å²) in [6.07, 6.45) is 5.12. The molecule has 3 nitrogen and oxygen atoms in total. The summed E-state index contributed by atoms with van der Waals surface area (Å²) >= 11 is 3.52. The first-order valence-corrected chi connectivity index (χ1v) is 7.77. The molecule has 1 aliphatic carbocycles. The fourth-order valence-electron chi connectivity index (χ4n) is 3.38. The number of halogens is 1. The van der Waals surface area contributed by atoms with Gasteiger partial charge in [0.05, 0.1) is 11.1 Å². The zero-order chi connectivity index (χ0) is 13.0. The summed E-state index contributed by atoms with van der Waals surface area (Å²) in [4.78, 5) is 14.7. The molecule has 3 aliphatic rings. The van der Waals surface area contributed by atoms with Gasteiger partial charge in [0.1, 0.15) is 6.23 Å². The minimum absolute atomic E-state index is 0.0545. The molecule has 4 heteroatoms. The maximum Gasteiger partial charge on any atom is 0.239 e. The normalized spacial score (nSPS) is 27.7. The Bertz CT molecular complexity index is 547. The van der Waals surface area contributed by atoms with Gasteiger partial charge in [-0.3, -0.25) is 9.69 Å². The third-order valence-corrected chi connectivity index (χ3v) is 5.05. The SMILES string of the molecule is O=C1N(C2CCCCO2)c2ccc(Br)cc2C12CC2. The summed E-state index contributed by atoms with van der Waals surface area (Å²) in [6, 6.07) is 6.19. The number of ether oxygens (including phenoxy) is 1. The highest BCUT2D eigenvalue weighted by Crippen LogP contribution is 2.58. The average Bonchev–Trinajstić information content (AvgIpc) is 3.19. The maximum absolute atomic E-state index is 12.8. The summed E-state index contributed by atoms with van der Waals surface area (Å²) < 4.78 is 6.89. The molecule has 1 atom stereocenters. The van der Waals surface area contributed by atoms with Crippen molar-refractivity contribution in [1.29, 1.82) is 0 Å². The van der Waals surface area contributed by atoms with E-state index in [0.29, 0.717) is 0 Å². The highest BCUT2D eigenvalue weighted by Gasteiger charge is 2.60. The number of amides is 1. The van der Waals surface area contributed by atoms with Gasteiger partial charge in [-0.2, -0.15) is 0 Å². The Balaban J connectivity index is 1.79. The Kier molecular flexibility index (Phi) is 2.55. The lowest BCUT2D eigenvalue weighted by atomic mass is 9.98. The fraction of sp³-hybridized carbons (Fsp3) is 0.533. The molecule has 2 fully saturated rings. The van der Waals surface area contributed by atoms with E-state index in [4.69, 9.17) is 4.74 Å². The van der Waals surface area contributed by atoms with Gasteiger partial charge in [-0.15, -0.1) is 0 Å². The van der Waals surface area contributed by atoms with E-state index >= 15 is 0 Å². The van der Waals surface area contributed by atoms with Gasteiger partial charge < -0.3 is 4.74 Å². The number of carbonyl (C=O) groups excluding carboxylic acids is 1. The lowest BCUT2D eigenvalue weighted by molar-refractivity contribution is -0.123. The Hall–Kier alpha value is -0.870. The number of carbonyl (C=O) groups is 1. The zero-order valence-electron chi connectivity index (χ0n) is 10.7. The number of anilines is 1. The monoisotopic (exact) mass is 321 g/mol. The molecule has 1 aromatic rings. The Morgan fingerprint density at radius 2 is 2.16 bits per heavy atom. The molecule has 1 saturated heterocycles. The van der Waals surface area contributed by atoms with E-state index in [1.807, 2.05) is 11.0 Å². The van der Waals surface area contributed by atoms with Crippen molar-refractivity contribution in [3.05, 3.63) is 28.2 Å².